The lowest BCUT2D eigenvalue weighted by molar-refractivity contribution is 0.146. The second-order valence-electron chi connectivity index (χ2n) is 6.24. The van der Waals surface area contributed by atoms with Crippen LogP contribution in [0.3, 0.4) is 0 Å². The highest BCUT2D eigenvalue weighted by atomic mass is 127. The first-order chi connectivity index (χ1) is 12.3. The number of piperidine rings is 1. The lowest BCUT2D eigenvalue weighted by Crippen LogP contribution is -2.42. The minimum atomic E-state index is 0. The summed E-state index contributed by atoms with van der Waals surface area (Å²) >= 11 is 0. The molecule has 2 N–H and O–H groups in total. The monoisotopic (exact) mass is 476 g/mol. The molecule has 0 unspecified atom stereocenters. The molecule has 26 heavy (non-hydrogen) atoms. The lowest BCUT2D eigenvalue weighted by atomic mass is 10.1. The number of rotatable bonds is 9. The quantitative estimate of drug-likeness (QED) is 0.248. The van der Waals surface area contributed by atoms with E-state index in [1.165, 1.54) is 37.9 Å². The number of ether oxygens (including phenoxy) is 2. The van der Waals surface area contributed by atoms with Crippen molar-refractivity contribution in [2.45, 2.75) is 25.8 Å². The van der Waals surface area contributed by atoms with E-state index in [-0.39, 0.29) is 24.0 Å². The van der Waals surface area contributed by atoms with Crippen LogP contribution >= 0.6 is 24.0 Å². The van der Waals surface area contributed by atoms with Gasteiger partial charge in [0.05, 0.1) is 6.61 Å². The van der Waals surface area contributed by atoms with Crippen LogP contribution in [0.5, 0.6) is 5.75 Å². The molecule has 1 aliphatic heterocycles. The molecule has 1 aromatic rings. The van der Waals surface area contributed by atoms with Crippen molar-refractivity contribution in [3.05, 3.63) is 29.8 Å². The number of nitrogens with zero attached hydrogens (tertiary/aromatic N) is 2. The van der Waals surface area contributed by atoms with Crippen LogP contribution in [0.1, 0.15) is 24.8 Å². The fraction of sp³-hybridized carbons (Fsp3) is 0.632. The maximum Gasteiger partial charge on any atom is 0.191 e. The molecule has 0 amide bonds. The molecule has 0 radical (unpaired) electrons. The number of methoxy groups -OCH3 is 1. The molecule has 1 saturated heterocycles. The van der Waals surface area contributed by atoms with Crippen LogP contribution in [0.4, 0.5) is 0 Å². The summed E-state index contributed by atoms with van der Waals surface area (Å²) in [7, 11) is 3.48. The summed E-state index contributed by atoms with van der Waals surface area (Å²) in [6.45, 7) is 6.37. The highest BCUT2D eigenvalue weighted by Crippen LogP contribution is 2.12. The second-order valence-corrected chi connectivity index (χ2v) is 6.24. The number of likely N-dealkylation sites (tertiary alicyclic amines) is 1. The van der Waals surface area contributed by atoms with E-state index in [4.69, 9.17) is 9.47 Å². The van der Waals surface area contributed by atoms with E-state index in [2.05, 4.69) is 32.7 Å². The van der Waals surface area contributed by atoms with E-state index in [0.29, 0.717) is 13.2 Å². The molecule has 0 aliphatic carbocycles. The maximum absolute atomic E-state index is 5.57. The van der Waals surface area contributed by atoms with Crippen molar-refractivity contribution in [3.63, 3.8) is 0 Å². The second kappa shape index (κ2) is 14.1. The van der Waals surface area contributed by atoms with Crippen molar-refractivity contribution >= 4 is 29.9 Å². The first kappa shape index (κ1) is 23.0. The van der Waals surface area contributed by atoms with E-state index in [9.17, 15) is 0 Å². The predicted molar refractivity (Wildman–Crippen MR) is 118 cm³/mol. The van der Waals surface area contributed by atoms with Crippen molar-refractivity contribution in [1.29, 1.82) is 0 Å². The fourth-order valence-corrected chi connectivity index (χ4v) is 2.87. The van der Waals surface area contributed by atoms with Gasteiger partial charge in [0, 0.05) is 33.8 Å². The smallest absolute Gasteiger partial charge is 0.191 e. The van der Waals surface area contributed by atoms with Crippen LogP contribution in [0.25, 0.3) is 0 Å². The van der Waals surface area contributed by atoms with E-state index in [1.54, 1.807) is 7.11 Å². The van der Waals surface area contributed by atoms with Crippen LogP contribution in [-0.4, -0.2) is 64.4 Å². The van der Waals surface area contributed by atoms with Crippen molar-refractivity contribution in [2.75, 3.05) is 53.6 Å². The molecule has 1 heterocycles. The Labute approximate surface area is 174 Å². The van der Waals surface area contributed by atoms with Gasteiger partial charge in [0.25, 0.3) is 0 Å². The van der Waals surface area contributed by atoms with Crippen LogP contribution in [0.2, 0.25) is 0 Å². The topological polar surface area (TPSA) is 58.1 Å². The average Bonchev–Trinajstić information content (AvgIpc) is 2.66. The molecule has 0 atom stereocenters. The van der Waals surface area contributed by atoms with Gasteiger partial charge in [0.2, 0.25) is 0 Å². The summed E-state index contributed by atoms with van der Waals surface area (Å²) in [5.74, 6) is 1.71. The standard InChI is InChI=1S/C19H32N4O2.HI/c1-20-19(21-10-13-23-11-4-3-5-12-23)22-16-17-6-8-18(9-7-17)25-15-14-24-2;/h6-9H,3-5,10-16H2,1-2H3,(H2,20,21,22);1H. The zero-order valence-corrected chi connectivity index (χ0v) is 18.3. The van der Waals surface area contributed by atoms with Gasteiger partial charge in [-0.05, 0) is 43.6 Å². The Bertz CT molecular complexity index is 505. The Kier molecular flexibility index (Phi) is 12.4. The SMILES string of the molecule is CN=C(NCCN1CCCCC1)NCc1ccc(OCCOC)cc1.I. The lowest BCUT2D eigenvalue weighted by Gasteiger charge is -2.26. The Morgan fingerprint density at radius 1 is 1.08 bits per heavy atom. The highest BCUT2D eigenvalue weighted by Gasteiger charge is 2.09. The van der Waals surface area contributed by atoms with Crippen molar-refractivity contribution < 1.29 is 9.47 Å². The molecule has 0 aromatic heterocycles. The predicted octanol–water partition coefficient (Wildman–Crippen LogP) is 2.48. The van der Waals surface area contributed by atoms with E-state index < -0.39 is 0 Å². The van der Waals surface area contributed by atoms with Crippen molar-refractivity contribution in [2.24, 2.45) is 4.99 Å². The summed E-state index contributed by atoms with van der Waals surface area (Å²) < 4.78 is 10.5. The minimum absolute atomic E-state index is 0. The molecule has 0 saturated carbocycles. The van der Waals surface area contributed by atoms with Crippen LogP contribution in [-0.2, 0) is 11.3 Å². The van der Waals surface area contributed by atoms with Gasteiger partial charge >= 0.3 is 0 Å². The summed E-state index contributed by atoms with van der Waals surface area (Å²) in [5, 5.41) is 6.75. The van der Waals surface area contributed by atoms with Crippen LogP contribution in [0.15, 0.2) is 29.3 Å². The molecule has 7 heteroatoms. The Balaban J connectivity index is 0.00000338. The summed E-state index contributed by atoms with van der Waals surface area (Å²) in [5.41, 5.74) is 1.19. The third kappa shape index (κ3) is 9.05. The molecule has 1 aromatic carbocycles. The Morgan fingerprint density at radius 3 is 2.46 bits per heavy atom. The maximum atomic E-state index is 5.57. The third-order valence-electron chi connectivity index (χ3n) is 4.33. The first-order valence-corrected chi connectivity index (χ1v) is 9.19. The highest BCUT2D eigenvalue weighted by molar-refractivity contribution is 14.0. The van der Waals surface area contributed by atoms with E-state index in [1.807, 2.05) is 19.2 Å². The third-order valence-corrected chi connectivity index (χ3v) is 4.33. The summed E-state index contributed by atoms with van der Waals surface area (Å²) in [6, 6.07) is 8.10. The van der Waals surface area contributed by atoms with Crippen LogP contribution in [0, 0.1) is 0 Å². The molecule has 1 fully saturated rings. The molecule has 6 nitrogen and oxygen atoms in total. The largest absolute Gasteiger partial charge is 0.491 e. The summed E-state index contributed by atoms with van der Waals surface area (Å²) in [6.07, 6.45) is 4.04. The molecular formula is C19H33IN4O2. The van der Waals surface area contributed by atoms with Gasteiger partial charge in [-0.3, -0.25) is 4.99 Å². The number of nitrogens with one attached hydrogen (secondary N) is 2. The van der Waals surface area contributed by atoms with Gasteiger partial charge in [-0.15, -0.1) is 24.0 Å². The molecular weight excluding hydrogens is 443 g/mol. The van der Waals surface area contributed by atoms with Gasteiger partial charge in [-0.25, -0.2) is 0 Å². The fourth-order valence-electron chi connectivity index (χ4n) is 2.87. The van der Waals surface area contributed by atoms with Crippen molar-refractivity contribution in [3.8, 4) is 5.75 Å². The number of halogens is 1. The number of hydrogen-bond donors (Lipinski definition) is 2. The molecule has 0 spiro atoms. The molecule has 2 rings (SSSR count). The zero-order valence-electron chi connectivity index (χ0n) is 16.0. The summed E-state index contributed by atoms with van der Waals surface area (Å²) in [4.78, 5) is 6.81. The van der Waals surface area contributed by atoms with Gasteiger partial charge in [-0.1, -0.05) is 18.6 Å². The first-order valence-electron chi connectivity index (χ1n) is 9.19. The molecule has 148 valence electrons. The van der Waals surface area contributed by atoms with Gasteiger partial charge in [0.15, 0.2) is 5.96 Å². The van der Waals surface area contributed by atoms with Crippen LogP contribution < -0.4 is 15.4 Å². The Morgan fingerprint density at radius 2 is 1.81 bits per heavy atom. The van der Waals surface area contributed by atoms with Gasteiger partial charge in [0.1, 0.15) is 12.4 Å². The van der Waals surface area contributed by atoms with Crippen molar-refractivity contribution in [1.82, 2.24) is 15.5 Å². The van der Waals surface area contributed by atoms with E-state index in [0.717, 1.165) is 31.3 Å². The van der Waals surface area contributed by atoms with E-state index >= 15 is 0 Å². The molecule has 1 aliphatic rings. The number of aliphatic imine (C=N–C) groups is 1. The number of benzene rings is 1. The minimum Gasteiger partial charge on any atom is -0.491 e. The number of guanidine groups is 1. The average molecular weight is 476 g/mol. The molecule has 0 bridgehead atoms. The zero-order chi connectivity index (χ0) is 17.7. The van der Waals surface area contributed by atoms with Gasteiger partial charge in [-0.2, -0.15) is 0 Å². The van der Waals surface area contributed by atoms with Gasteiger partial charge < -0.3 is 25.0 Å². The Hall–Kier alpha value is -1.06. The number of hydrogen-bond acceptors (Lipinski definition) is 4. The normalized spacial score (nSPS) is 15.2.